The van der Waals surface area contributed by atoms with Crippen molar-refractivity contribution in [2.45, 2.75) is 117 Å². The lowest BCUT2D eigenvalue weighted by atomic mass is 9.68. The normalized spacial score (nSPS) is 35.2. The summed E-state index contributed by atoms with van der Waals surface area (Å²) in [7, 11) is 0. The topological polar surface area (TPSA) is 204 Å². The molecular formula is C37H46O15. The summed E-state index contributed by atoms with van der Waals surface area (Å²) in [6.07, 6.45) is -10.4. The molecule has 1 aliphatic carbocycles. The van der Waals surface area contributed by atoms with E-state index in [1.165, 1.54) is 32.9 Å². The van der Waals surface area contributed by atoms with Crippen molar-refractivity contribution >= 4 is 41.6 Å². The number of hydrogen-bond acceptors (Lipinski definition) is 15. The summed E-state index contributed by atoms with van der Waals surface area (Å²) in [5.41, 5.74) is -4.28. The van der Waals surface area contributed by atoms with Gasteiger partial charge in [-0.15, -0.1) is 0 Å². The summed E-state index contributed by atoms with van der Waals surface area (Å²) in [5, 5.41) is 12.8. The number of fused-ring (bicyclic) bond motifs is 4. The van der Waals surface area contributed by atoms with Crippen molar-refractivity contribution in [3.8, 4) is 0 Å². The van der Waals surface area contributed by atoms with Crippen molar-refractivity contribution in [3.63, 3.8) is 0 Å². The predicted molar refractivity (Wildman–Crippen MR) is 177 cm³/mol. The van der Waals surface area contributed by atoms with E-state index in [4.69, 9.17) is 33.2 Å². The number of carbonyl (C=O) groups is 7. The highest BCUT2D eigenvalue weighted by Gasteiger charge is 2.77. The van der Waals surface area contributed by atoms with Crippen LogP contribution in [0.5, 0.6) is 0 Å². The second-order valence-electron chi connectivity index (χ2n) is 14.3. The number of Topliss-reactive ketones (excluding diaryl/α,β-unsaturated/α-hetero) is 1. The number of hydrogen-bond donors (Lipinski definition) is 1. The van der Waals surface area contributed by atoms with Crippen molar-refractivity contribution < 1.29 is 71.8 Å². The van der Waals surface area contributed by atoms with Gasteiger partial charge < -0.3 is 38.3 Å². The number of esters is 6. The molecule has 2 bridgehead atoms. The van der Waals surface area contributed by atoms with Gasteiger partial charge in [-0.25, -0.2) is 4.79 Å². The van der Waals surface area contributed by atoms with Gasteiger partial charge in [-0.2, -0.15) is 0 Å². The van der Waals surface area contributed by atoms with Gasteiger partial charge in [0.2, 0.25) is 5.79 Å². The molecule has 2 aliphatic heterocycles. The second kappa shape index (κ2) is 14.8. The van der Waals surface area contributed by atoms with E-state index in [-0.39, 0.29) is 17.6 Å². The number of benzene rings is 1. The van der Waals surface area contributed by atoms with Crippen LogP contribution >= 0.6 is 0 Å². The summed E-state index contributed by atoms with van der Waals surface area (Å²) in [4.78, 5) is 92.5. The number of ketones is 1. The molecular weight excluding hydrogens is 684 g/mol. The Hall–Kier alpha value is -4.63. The molecule has 284 valence electrons. The lowest BCUT2D eigenvalue weighted by molar-refractivity contribution is -0.334. The van der Waals surface area contributed by atoms with Gasteiger partial charge in [0.25, 0.3) is 0 Å². The molecule has 4 rings (SSSR count). The first kappa shape index (κ1) is 40.1. The molecule has 0 spiro atoms. The Morgan fingerprint density at radius 3 is 1.83 bits per heavy atom. The fourth-order valence-corrected chi connectivity index (χ4v) is 7.99. The third kappa shape index (κ3) is 7.20. The van der Waals surface area contributed by atoms with E-state index in [2.05, 4.69) is 6.58 Å². The summed E-state index contributed by atoms with van der Waals surface area (Å²) in [5.74, 6) is -12.7. The summed E-state index contributed by atoms with van der Waals surface area (Å²) >= 11 is 0. The zero-order chi connectivity index (χ0) is 39.1. The molecule has 1 aromatic rings. The Morgan fingerprint density at radius 1 is 0.769 bits per heavy atom. The minimum absolute atomic E-state index is 0.0459. The molecule has 1 saturated carbocycles. The first-order valence-electron chi connectivity index (χ1n) is 16.9. The van der Waals surface area contributed by atoms with Crippen molar-refractivity contribution in [1.82, 2.24) is 0 Å². The molecule has 3 fully saturated rings. The molecule has 0 unspecified atom stereocenters. The van der Waals surface area contributed by atoms with Gasteiger partial charge in [-0.1, -0.05) is 52.5 Å². The van der Waals surface area contributed by atoms with Crippen LogP contribution in [0.15, 0.2) is 42.5 Å². The van der Waals surface area contributed by atoms with Crippen molar-refractivity contribution in [3.05, 3.63) is 48.0 Å². The highest BCUT2D eigenvalue weighted by atomic mass is 16.7. The maximum Gasteiger partial charge on any atom is 0.338 e. The molecule has 52 heavy (non-hydrogen) atoms. The highest BCUT2D eigenvalue weighted by Crippen LogP contribution is 2.60. The Bertz CT molecular complexity index is 1630. The first-order chi connectivity index (χ1) is 24.1. The average molecular weight is 731 g/mol. The standard InChI is InChI=1S/C37H46O15/c1-17-16-36(51-24(8)42)26(28(17)46-20(4)38)29(47-21(5)39)18(2)30(48-22(6)40)31(50-34(44)25-14-12-11-13-15-25)33(49-23(7)41)35(9,10)32-27(43)19(3)37(36,45)52-32/h11-15,17,19,26,28-33,45H,2,16H2,1,3-10H3/t17-,19-,26+,28-,29-,30-,31+,32-,33+,36+,37+/m0/s1. The molecule has 1 aromatic carbocycles. The Morgan fingerprint density at radius 2 is 1.31 bits per heavy atom. The molecule has 11 atom stereocenters. The van der Waals surface area contributed by atoms with E-state index in [0.717, 1.165) is 34.6 Å². The van der Waals surface area contributed by atoms with Crippen LogP contribution in [0.4, 0.5) is 0 Å². The van der Waals surface area contributed by atoms with Crippen LogP contribution in [-0.2, 0) is 61.9 Å². The third-order valence-electron chi connectivity index (χ3n) is 10.1. The molecule has 3 aliphatic rings. The van der Waals surface area contributed by atoms with E-state index in [1.54, 1.807) is 25.1 Å². The molecule has 1 N–H and O–H groups in total. The quantitative estimate of drug-likeness (QED) is 0.243. The molecule has 15 nitrogen and oxygen atoms in total. The van der Waals surface area contributed by atoms with Crippen LogP contribution in [0.2, 0.25) is 0 Å². The predicted octanol–water partition coefficient (Wildman–Crippen LogP) is 2.79. The van der Waals surface area contributed by atoms with Gasteiger partial charge in [0, 0.05) is 45.6 Å². The molecule has 15 heteroatoms. The maximum absolute atomic E-state index is 14.4. The van der Waals surface area contributed by atoms with Gasteiger partial charge in [0.1, 0.15) is 18.3 Å². The fourth-order valence-electron chi connectivity index (χ4n) is 7.99. The highest BCUT2D eigenvalue weighted by molar-refractivity contribution is 5.90. The smallest absolute Gasteiger partial charge is 0.338 e. The van der Waals surface area contributed by atoms with Crippen molar-refractivity contribution in [1.29, 1.82) is 0 Å². The van der Waals surface area contributed by atoms with Crippen LogP contribution in [-0.4, -0.2) is 94.7 Å². The first-order valence-corrected chi connectivity index (χ1v) is 16.9. The van der Waals surface area contributed by atoms with Gasteiger partial charge >= 0.3 is 35.8 Å². The molecule has 2 heterocycles. The van der Waals surface area contributed by atoms with E-state index in [9.17, 15) is 38.7 Å². The van der Waals surface area contributed by atoms with Crippen molar-refractivity contribution in [2.75, 3.05) is 0 Å². The lowest BCUT2D eigenvalue weighted by Crippen LogP contribution is -2.66. The van der Waals surface area contributed by atoms with Crippen LogP contribution in [0.25, 0.3) is 0 Å². The van der Waals surface area contributed by atoms with E-state index in [0.29, 0.717) is 0 Å². The number of aliphatic hydroxyl groups is 1. The summed E-state index contributed by atoms with van der Waals surface area (Å²) in [6.45, 7) is 15.4. The second-order valence-corrected chi connectivity index (χ2v) is 14.3. The number of carbonyl (C=O) groups excluding carboxylic acids is 7. The van der Waals surface area contributed by atoms with Crippen LogP contribution in [0.1, 0.15) is 79.1 Å². The Kier molecular flexibility index (Phi) is 11.4. The maximum atomic E-state index is 14.4. The number of rotatable bonds is 7. The number of ether oxygens (including phenoxy) is 7. The Labute approximate surface area is 301 Å². The van der Waals surface area contributed by atoms with Crippen LogP contribution in [0.3, 0.4) is 0 Å². The largest absolute Gasteiger partial charge is 0.462 e. The third-order valence-corrected chi connectivity index (χ3v) is 10.1. The monoisotopic (exact) mass is 730 g/mol. The lowest BCUT2D eigenvalue weighted by Gasteiger charge is -2.49. The summed E-state index contributed by atoms with van der Waals surface area (Å²) < 4.78 is 41.7. The molecule has 0 aromatic heterocycles. The van der Waals surface area contributed by atoms with E-state index in [1.807, 2.05) is 0 Å². The van der Waals surface area contributed by atoms with Gasteiger partial charge in [-0.3, -0.25) is 28.8 Å². The SMILES string of the molecule is C=C1[C@H](OC(C)=O)[C@@H](OC(=O)c2ccccc2)[C@@H](OC(C)=O)C(C)(C)[C@H]2O[C@](O)([C@@H](C)C2=O)[C@@]2(OC(C)=O)C[C@H](C)[C@H](OC(C)=O)[C@@H]2[C@H]1OC(C)=O. The molecule has 0 radical (unpaired) electrons. The zero-order valence-electron chi connectivity index (χ0n) is 30.7. The summed E-state index contributed by atoms with van der Waals surface area (Å²) in [6, 6.07) is 7.68. The van der Waals surface area contributed by atoms with Crippen molar-refractivity contribution in [2.24, 2.45) is 23.2 Å². The molecule has 2 saturated heterocycles. The van der Waals surface area contributed by atoms with E-state index >= 15 is 0 Å². The average Bonchev–Trinajstić information content (AvgIpc) is 3.45. The minimum atomic E-state index is -2.71. The van der Waals surface area contributed by atoms with Gasteiger partial charge in [0.05, 0.1) is 17.4 Å². The minimum Gasteiger partial charge on any atom is -0.462 e. The molecule has 0 amide bonds. The van der Waals surface area contributed by atoms with E-state index < -0.39 is 113 Å². The van der Waals surface area contributed by atoms with Crippen LogP contribution < -0.4 is 0 Å². The van der Waals surface area contributed by atoms with Gasteiger partial charge in [-0.05, 0) is 24.5 Å². The Balaban J connectivity index is 2.16. The van der Waals surface area contributed by atoms with Gasteiger partial charge in [0.15, 0.2) is 29.7 Å². The zero-order valence-corrected chi connectivity index (χ0v) is 30.7. The fraction of sp³-hybridized carbons (Fsp3) is 0.595. The van der Waals surface area contributed by atoms with Crippen LogP contribution in [0, 0.1) is 23.2 Å².